The van der Waals surface area contributed by atoms with E-state index in [-0.39, 0.29) is 23.3 Å². The molecule has 158 valence electrons. The molecule has 1 aromatic carbocycles. The summed E-state index contributed by atoms with van der Waals surface area (Å²) in [7, 11) is 0. The third-order valence-electron chi connectivity index (χ3n) is 5.12. The average Bonchev–Trinajstić information content (AvgIpc) is 3.10. The zero-order valence-electron chi connectivity index (χ0n) is 17.4. The molecule has 1 aliphatic rings. The van der Waals surface area contributed by atoms with Crippen LogP contribution < -0.4 is 16.2 Å². The van der Waals surface area contributed by atoms with Crippen LogP contribution in [0.25, 0.3) is 11.3 Å². The van der Waals surface area contributed by atoms with E-state index in [9.17, 15) is 9.59 Å². The molecule has 0 aliphatic carbocycles. The Balaban J connectivity index is 1.85. The summed E-state index contributed by atoms with van der Waals surface area (Å²) in [5.74, 6) is 5.41. The molecule has 2 heterocycles. The molecule has 1 fully saturated rings. The number of carbonyl (C=O) groups is 2. The summed E-state index contributed by atoms with van der Waals surface area (Å²) >= 11 is 0. The van der Waals surface area contributed by atoms with Gasteiger partial charge in [-0.25, -0.2) is 4.68 Å². The lowest BCUT2D eigenvalue weighted by Gasteiger charge is -2.31. The molecule has 8 heteroatoms. The topological polar surface area (TPSA) is 116 Å². The van der Waals surface area contributed by atoms with Crippen LogP contribution >= 0.6 is 0 Å². The summed E-state index contributed by atoms with van der Waals surface area (Å²) in [6.45, 7) is 5.44. The Bertz CT molecular complexity index is 977. The number of piperidine rings is 1. The molecule has 0 radical (unpaired) electrons. The number of aromatic nitrogens is 2. The van der Waals surface area contributed by atoms with Crippen molar-refractivity contribution in [3.8, 4) is 28.8 Å². The Morgan fingerprint density at radius 1 is 1.23 bits per heavy atom. The first-order chi connectivity index (χ1) is 14.5. The van der Waals surface area contributed by atoms with Gasteiger partial charge in [-0.3, -0.25) is 9.59 Å². The summed E-state index contributed by atoms with van der Waals surface area (Å²) < 4.78 is 7.28. The van der Waals surface area contributed by atoms with Gasteiger partial charge in [0.05, 0.1) is 12.6 Å². The fraction of sp³-hybridized carbons (Fsp3) is 0.409. The number of amides is 2. The Hall–Kier alpha value is -3.47. The number of benzene rings is 1. The van der Waals surface area contributed by atoms with E-state index in [0.29, 0.717) is 38.2 Å². The molecule has 2 aromatic rings. The third-order valence-corrected chi connectivity index (χ3v) is 5.12. The highest BCUT2D eigenvalue weighted by Crippen LogP contribution is 2.33. The first-order valence-electron chi connectivity index (χ1n) is 10.1. The number of ether oxygens (including phenoxy) is 1. The van der Waals surface area contributed by atoms with Gasteiger partial charge >= 0.3 is 0 Å². The first kappa shape index (κ1) is 21.2. The van der Waals surface area contributed by atoms with Crippen LogP contribution in [0.1, 0.15) is 49.5 Å². The molecule has 0 atom stereocenters. The van der Waals surface area contributed by atoms with Crippen LogP contribution in [0.15, 0.2) is 24.3 Å². The molecule has 1 aliphatic heterocycles. The van der Waals surface area contributed by atoms with Gasteiger partial charge in [0.25, 0.3) is 11.8 Å². The van der Waals surface area contributed by atoms with Crippen molar-refractivity contribution < 1.29 is 14.3 Å². The predicted molar refractivity (Wildman–Crippen MR) is 115 cm³/mol. The number of carbonyl (C=O) groups excluding carboxylic acids is 2. The highest BCUT2D eigenvalue weighted by atomic mass is 16.5. The zero-order valence-corrected chi connectivity index (χ0v) is 17.4. The smallest absolute Gasteiger partial charge is 0.298 e. The maximum absolute atomic E-state index is 12.1. The number of primary amides is 1. The minimum Gasteiger partial charge on any atom is -0.494 e. The van der Waals surface area contributed by atoms with E-state index in [2.05, 4.69) is 16.9 Å². The Labute approximate surface area is 176 Å². The van der Waals surface area contributed by atoms with Gasteiger partial charge in [-0.2, -0.15) is 5.10 Å². The SMILES string of the molecule is CC#CC(=O)N1CCC(n2nc(-c3ccc(OCCC)cc3)c(C(N)=O)c2N)CC1. The van der Waals surface area contributed by atoms with Crippen molar-refractivity contribution in [2.45, 2.75) is 39.2 Å². The van der Waals surface area contributed by atoms with Crippen LogP contribution in [0.2, 0.25) is 0 Å². The molecule has 0 saturated carbocycles. The second kappa shape index (κ2) is 9.35. The number of nitrogen functional groups attached to an aromatic ring is 1. The highest BCUT2D eigenvalue weighted by Gasteiger charge is 2.29. The maximum Gasteiger partial charge on any atom is 0.298 e. The normalized spacial score (nSPS) is 14.1. The summed E-state index contributed by atoms with van der Waals surface area (Å²) in [6.07, 6.45) is 2.26. The van der Waals surface area contributed by atoms with E-state index in [0.717, 1.165) is 17.7 Å². The van der Waals surface area contributed by atoms with E-state index in [4.69, 9.17) is 16.2 Å². The number of anilines is 1. The number of likely N-dealkylation sites (tertiary alicyclic amines) is 1. The predicted octanol–water partition coefficient (Wildman–Crippen LogP) is 2.21. The van der Waals surface area contributed by atoms with Gasteiger partial charge in [-0.1, -0.05) is 12.8 Å². The molecule has 0 unspecified atom stereocenters. The van der Waals surface area contributed by atoms with Gasteiger partial charge < -0.3 is 21.1 Å². The monoisotopic (exact) mass is 409 g/mol. The Kier molecular flexibility index (Phi) is 6.62. The van der Waals surface area contributed by atoms with Crippen molar-refractivity contribution >= 4 is 17.6 Å². The minimum absolute atomic E-state index is 0.0253. The van der Waals surface area contributed by atoms with Gasteiger partial charge in [-0.15, -0.1) is 0 Å². The lowest BCUT2D eigenvalue weighted by atomic mass is 10.0. The maximum atomic E-state index is 12.1. The van der Waals surface area contributed by atoms with Gasteiger partial charge in [0.1, 0.15) is 22.8 Å². The molecule has 3 rings (SSSR count). The average molecular weight is 409 g/mol. The molecule has 1 saturated heterocycles. The van der Waals surface area contributed by atoms with E-state index in [1.807, 2.05) is 31.2 Å². The fourth-order valence-electron chi connectivity index (χ4n) is 3.60. The van der Waals surface area contributed by atoms with E-state index in [1.165, 1.54) is 0 Å². The van der Waals surface area contributed by atoms with Crippen LogP contribution in [0.4, 0.5) is 5.82 Å². The summed E-state index contributed by atoms with van der Waals surface area (Å²) in [4.78, 5) is 25.8. The fourth-order valence-corrected chi connectivity index (χ4v) is 3.60. The van der Waals surface area contributed by atoms with Crippen LogP contribution in [0.3, 0.4) is 0 Å². The lowest BCUT2D eigenvalue weighted by Crippen LogP contribution is -2.38. The summed E-state index contributed by atoms with van der Waals surface area (Å²) in [5.41, 5.74) is 13.3. The van der Waals surface area contributed by atoms with Gasteiger partial charge in [0.2, 0.25) is 0 Å². The summed E-state index contributed by atoms with van der Waals surface area (Å²) in [5, 5.41) is 4.64. The van der Waals surface area contributed by atoms with Crippen LogP contribution in [0, 0.1) is 11.8 Å². The number of hydrogen-bond donors (Lipinski definition) is 2. The standard InChI is InChI=1S/C22H27N5O3/c1-3-5-18(28)26-12-10-16(11-13-26)27-21(23)19(22(24)29)20(25-27)15-6-8-17(9-7-15)30-14-4-2/h6-9,16H,4,10-14,23H2,1-2H3,(H2,24,29). The number of rotatable bonds is 6. The second-order valence-corrected chi connectivity index (χ2v) is 7.19. The molecule has 8 nitrogen and oxygen atoms in total. The van der Waals surface area contributed by atoms with Gasteiger partial charge in [0, 0.05) is 18.7 Å². The molecule has 0 spiro atoms. The quantitative estimate of drug-likeness (QED) is 0.710. The number of nitrogens with zero attached hydrogens (tertiary/aromatic N) is 3. The summed E-state index contributed by atoms with van der Waals surface area (Å²) in [6, 6.07) is 7.33. The minimum atomic E-state index is -0.620. The molecule has 1 aromatic heterocycles. The molecule has 2 amide bonds. The van der Waals surface area contributed by atoms with Crippen molar-refractivity contribution in [1.29, 1.82) is 0 Å². The van der Waals surface area contributed by atoms with Crippen molar-refractivity contribution in [2.24, 2.45) is 5.73 Å². The molecule has 30 heavy (non-hydrogen) atoms. The van der Waals surface area contributed by atoms with Gasteiger partial charge in [-0.05, 0) is 56.4 Å². The van der Waals surface area contributed by atoms with E-state index in [1.54, 1.807) is 16.5 Å². The van der Waals surface area contributed by atoms with Crippen LogP contribution in [-0.4, -0.2) is 46.2 Å². The van der Waals surface area contributed by atoms with Gasteiger partial charge in [0.15, 0.2) is 0 Å². The van der Waals surface area contributed by atoms with E-state index < -0.39 is 5.91 Å². The largest absolute Gasteiger partial charge is 0.494 e. The molecule has 4 N–H and O–H groups in total. The zero-order chi connectivity index (χ0) is 21.7. The van der Waals surface area contributed by atoms with Crippen LogP contribution in [-0.2, 0) is 4.79 Å². The van der Waals surface area contributed by atoms with E-state index >= 15 is 0 Å². The Morgan fingerprint density at radius 2 is 1.90 bits per heavy atom. The molecular formula is C22H27N5O3. The van der Waals surface area contributed by atoms with Crippen LogP contribution in [0.5, 0.6) is 5.75 Å². The number of nitrogens with two attached hydrogens (primary N) is 2. The number of hydrogen-bond acceptors (Lipinski definition) is 5. The molecule has 0 bridgehead atoms. The highest BCUT2D eigenvalue weighted by molar-refractivity contribution is 6.03. The first-order valence-corrected chi connectivity index (χ1v) is 10.1. The van der Waals surface area contributed by atoms with Crippen molar-refractivity contribution in [3.63, 3.8) is 0 Å². The third kappa shape index (κ3) is 4.40. The Morgan fingerprint density at radius 3 is 2.47 bits per heavy atom. The lowest BCUT2D eigenvalue weighted by molar-refractivity contribution is -0.126. The molecular weight excluding hydrogens is 382 g/mol. The van der Waals surface area contributed by atoms with Crippen molar-refractivity contribution in [3.05, 3.63) is 29.8 Å². The van der Waals surface area contributed by atoms with Crippen molar-refractivity contribution in [1.82, 2.24) is 14.7 Å². The second-order valence-electron chi connectivity index (χ2n) is 7.19. The van der Waals surface area contributed by atoms with Crippen molar-refractivity contribution in [2.75, 3.05) is 25.4 Å².